The van der Waals surface area contributed by atoms with Crippen molar-refractivity contribution >= 4 is 122 Å². The topological polar surface area (TPSA) is 223 Å². The number of carbonyl (C=O) groups is 3. The minimum atomic E-state index is -0.444. The maximum atomic E-state index is 11.6. The van der Waals surface area contributed by atoms with E-state index in [9.17, 15) is 14.4 Å². The van der Waals surface area contributed by atoms with Gasteiger partial charge in [-0.25, -0.2) is 29.3 Å². The van der Waals surface area contributed by atoms with Crippen molar-refractivity contribution in [3.05, 3.63) is 294 Å². The Morgan fingerprint density at radius 1 is 0.355 bits per heavy atom. The van der Waals surface area contributed by atoms with Gasteiger partial charge in [0.1, 0.15) is 88.5 Å². The van der Waals surface area contributed by atoms with Crippen LogP contribution in [0.1, 0.15) is 239 Å². The van der Waals surface area contributed by atoms with Gasteiger partial charge >= 0.3 is 17.9 Å². The number of hydrogen-bond donors (Lipinski definition) is 0. The molecule has 0 spiro atoms. The summed E-state index contributed by atoms with van der Waals surface area (Å²) in [5.74, 6) is 21.4. The van der Waals surface area contributed by atoms with Crippen molar-refractivity contribution in [2.24, 2.45) is 0 Å². The van der Waals surface area contributed by atoms with Crippen LogP contribution < -0.4 is 14.2 Å². The first-order valence-electron chi connectivity index (χ1n) is 39.3. The summed E-state index contributed by atoms with van der Waals surface area (Å²) in [6.45, 7) is 4.26. The summed E-state index contributed by atoms with van der Waals surface area (Å²) in [5, 5.41) is 18.0. The van der Waals surface area contributed by atoms with E-state index in [1.165, 1.54) is 21.3 Å². The maximum absolute atomic E-state index is 11.6. The van der Waals surface area contributed by atoms with Gasteiger partial charge in [0, 0.05) is 68.1 Å². The molecule has 6 fully saturated rings. The zero-order valence-electron chi connectivity index (χ0n) is 66.3. The molecule has 12 aromatic rings. The van der Waals surface area contributed by atoms with Gasteiger partial charge in [-0.2, -0.15) is 0 Å². The lowest BCUT2D eigenvalue weighted by Crippen LogP contribution is -2.04. The second kappa shape index (κ2) is 41.1. The first kappa shape index (κ1) is 91.2. The van der Waals surface area contributed by atoms with Crippen LogP contribution in [0.5, 0.6) is 17.2 Å². The number of methoxy groups -OCH3 is 3. The lowest BCUT2D eigenvalue weighted by atomic mass is 10.0. The summed E-state index contributed by atoms with van der Waals surface area (Å²) >= 11 is 58.9. The number of aromatic nitrogens is 6. The number of pyridine rings is 3. The van der Waals surface area contributed by atoms with Crippen LogP contribution in [0.25, 0.3) is 33.8 Å². The second-order valence-electron chi connectivity index (χ2n) is 29.9. The molecule has 636 valence electrons. The van der Waals surface area contributed by atoms with Gasteiger partial charge in [-0.15, -0.1) is 0 Å². The van der Waals surface area contributed by atoms with Crippen LogP contribution in [0.4, 0.5) is 0 Å². The number of ether oxygens (including phenoxy) is 6. The van der Waals surface area contributed by atoms with Crippen molar-refractivity contribution in [1.29, 1.82) is 0 Å². The Labute approximate surface area is 764 Å². The largest absolute Gasteiger partial charge is 0.489 e. The molecule has 0 N–H and O–H groups in total. The van der Waals surface area contributed by atoms with Crippen molar-refractivity contribution in [2.45, 2.75) is 160 Å². The number of esters is 3. The van der Waals surface area contributed by atoms with Gasteiger partial charge in [0.05, 0.1) is 68.2 Å². The molecule has 0 radical (unpaired) electrons. The van der Waals surface area contributed by atoms with Crippen molar-refractivity contribution in [2.75, 3.05) is 21.3 Å². The Morgan fingerprint density at radius 3 is 0.839 bits per heavy atom. The van der Waals surface area contributed by atoms with Crippen molar-refractivity contribution in [1.82, 2.24) is 30.4 Å². The summed E-state index contributed by atoms with van der Waals surface area (Å²) in [6.07, 6.45) is 14.5. The number of nitrogens with zero attached hydrogens (tertiary/aromatic N) is 6. The fourth-order valence-electron chi connectivity index (χ4n) is 14.8. The molecule has 6 unspecified atom stereocenters. The van der Waals surface area contributed by atoms with Crippen molar-refractivity contribution < 1.29 is 56.4 Å². The lowest BCUT2D eigenvalue weighted by molar-refractivity contribution is 0.0585. The predicted molar refractivity (Wildman–Crippen MR) is 484 cm³/mol. The van der Waals surface area contributed by atoms with Gasteiger partial charge in [-0.3, -0.25) is 0 Å². The molecule has 0 saturated heterocycles. The molecule has 18 rings (SSSR count). The molecule has 6 atom stereocenters. The third-order valence-electron chi connectivity index (χ3n) is 21.8. The normalized spacial score (nSPS) is 17.1. The number of halogens is 9. The van der Waals surface area contributed by atoms with E-state index in [-0.39, 0.29) is 52.4 Å². The molecule has 0 amide bonds. The van der Waals surface area contributed by atoms with E-state index in [1.807, 2.05) is 72.8 Å². The molecule has 6 aliphatic rings. The van der Waals surface area contributed by atoms with E-state index in [0.717, 1.165) is 125 Å². The van der Waals surface area contributed by atoms with Crippen LogP contribution >= 0.6 is 104 Å². The highest BCUT2D eigenvalue weighted by Gasteiger charge is 2.45. The van der Waals surface area contributed by atoms with Crippen LogP contribution in [-0.2, 0) is 34.0 Å². The zero-order chi connectivity index (χ0) is 85.4. The van der Waals surface area contributed by atoms with E-state index in [0.29, 0.717) is 149 Å². The molecule has 124 heavy (non-hydrogen) atoms. The molecule has 0 bridgehead atoms. The Kier molecular flexibility index (Phi) is 30.2. The summed E-state index contributed by atoms with van der Waals surface area (Å²) in [4.78, 5) is 47.6. The van der Waals surface area contributed by atoms with Gasteiger partial charge in [-0.05, 0) is 255 Å². The van der Waals surface area contributed by atoms with Gasteiger partial charge in [-0.1, -0.05) is 201 Å². The molecule has 0 aliphatic heterocycles. The summed E-state index contributed by atoms with van der Waals surface area (Å²) in [5.41, 5.74) is 13.6. The average Bonchev–Trinajstić information content (AvgIpc) is 1.61. The maximum Gasteiger partial charge on any atom is 0.356 e. The molecular weight excluding hydrogens is 1760 g/mol. The van der Waals surface area contributed by atoms with Crippen LogP contribution in [0.3, 0.4) is 0 Å². The smallest absolute Gasteiger partial charge is 0.356 e. The van der Waals surface area contributed by atoms with E-state index in [2.05, 4.69) is 65.9 Å². The highest BCUT2D eigenvalue weighted by molar-refractivity contribution is 6.40. The van der Waals surface area contributed by atoms with Crippen molar-refractivity contribution in [3.63, 3.8) is 0 Å². The summed E-state index contributed by atoms with van der Waals surface area (Å²) in [7, 11) is 4.03. The highest BCUT2D eigenvalue weighted by Crippen LogP contribution is 2.60. The van der Waals surface area contributed by atoms with E-state index >= 15 is 0 Å². The number of hydrogen-bond acceptors (Lipinski definition) is 18. The van der Waals surface area contributed by atoms with Crippen LogP contribution in [-0.4, -0.2) is 69.7 Å². The molecular formula is C97H83Cl9N6O12. The monoisotopic (exact) mass is 1840 g/mol. The Bertz CT molecular complexity index is 5500. The molecule has 6 saturated carbocycles. The zero-order valence-corrected chi connectivity index (χ0v) is 73.1. The SMILES string of the molecule is C.C.CC#CC#CC#CC.COC(=O)c1ccc(C2CC2c2ccc(OCc3c(-c4c(Cl)cccc4Cl)noc3C3CC3)cc2Cl)cn1.COC(=O)c1ccc(C2CC2c2ccc(OCc3c(-c4c(Cl)cccc4Cl)noc3C3CC3)cc2Cl)cn1.COC(=O)c1ccc(C2CC2c2ccc(OCc3c(-c4c(Cl)cccc4Cl)noc3C3CC3)cc2Cl)cn1. The minimum absolute atomic E-state index is 0. The van der Waals surface area contributed by atoms with E-state index in [4.69, 9.17) is 146 Å². The van der Waals surface area contributed by atoms with Gasteiger partial charge < -0.3 is 42.0 Å². The summed E-state index contributed by atoms with van der Waals surface area (Å²) < 4.78 is 49.9. The standard InChI is InChI=1S/3C29H23Cl3N2O4.C8H6.2CH4/c3*1-36-29(35)25-10-7-16(13-33-25)19-12-20(19)18-9-8-17(11-24(18)32)37-14-21-27(34-38-28(21)15-5-6-15)26-22(30)3-2-4-23(26)31;1-3-5-7-8-6-4-2;;/h3*2-4,7-11,13,15,19-20H,5-6,12,14H2,1H3;1-2H3;2*1H4. The lowest BCUT2D eigenvalue weighted by Gasteiger charge is -2.11. The van der Waals surface area contributed by atoms with E-state index in [1.54, 1.807) is 105 Å². The number of rotatable bonds is 24. The first-order chi connectivity index (χ1) is 59.2. The summed E-state index contributed by atoms with van der Waals surface area (Å²) in [6, 6.07) is 44.3. The first-order valence-corrected chi connectivity index (χ1v) is 42.7. The van der Waals surface area contributed by atoms with Crippen LogP contribution in [0, 0.1) is 35.5 Å². The van der Waals surface area contributed by atoms with Crippen LogP contribution in [0.15, 0.2) is 178 Å². The molecule has 27 heteroatoms. The Balaban J connectivity index is 0.000000152. The van der Waals surface area contributed by atoms with Crippen LogP contribution in [0.2, 0.25) is 45.2 Å². The Hall–Kier alpha value is -10.5. The highest BCUT2D eigenvalue weighted by atomic mass is 35.5. The molecule has 6 aromatic carbocycles. The Morgan fingerprint density at radius 2 is 0.621 bits per heavy atom. The number of benzene rings is 6. The molecule has 6 heterocycles. The molecule has 6 aromatic heterocycles. The molecule has 6 aliphatic carbocycles. The van der Waals surface area contributed by atoms with Gasteiger partial charge in [0.2, 0.25) is 0 Å². The predicted octanol–water partition coefficient (Wildman–Crippen LogP) is 26.9. The minimum Gasteiger partial charge on any atom is -0.489 e. The van der Waals surface area contributed by atoms with Gasteiger partial charge in [0.25, 0.3) is 0 Å². The fraction of sp³-hybridized carbons (Fsp3) is 0.289. The fourth-order valence-corrected chi connectivity index (χ4v) is 17.4. The van der Waals surface area contributed by atoms with Gasteiger partial charge in [0.15, 0.2) is 0 Å². The average molecular weight is 1840 g/mol. The quantitative estimate of drug-likeness (QED) is 0.0311. The van der Waals surface area contributed by atoms with Crippen molar-refractivity contribution in [3.8, 4) is 86.5 Å². The number of carbonyl (C=O) groups excluding carboxylic acids is 3. The molecule has 18 nitrogen and oxygen atoms in total. The third kappa shape index (κ3) is 21.4. The second-order valence-corrected chi connectivity index (χ2v) is 33.6. The third-order valence-corrected chi connectivity index (χ3v) is 24.7. The van der Waals surface area contributed by atoms with E-state index < -0.39 is 17.9 Å².